The Balaban J connectivity index is 1.78. The molecule has 1 heterocycles. The highest BCUT2D eigenvalue weighted by Gasteiger charge is 2.74. The lowest BCUT2D eigenvalue weighted by molar-refractivity contribution is -0.624. The Morgan fingerprint density at radius 1 is 0.969 bits per heavy atom. The Kier molecular flexibility index (Phi) is 5.43. The lowest BCUT2D eigenvalue weighted by Crippen LogP contribution is -2.75. The highest BCUT2D eigenvalue weighted by molar-refractivity contribution is 6.01. The molecule has 3 unspecified atom stereocenters. The van der Waals surface area contributed by atoms with Gasteiger partial charge in [0.2, 0.25) is 5.78 Å². The monoisotopic (exact) mass is 435 g/mol. The molecule has 0 spiro atoms. The molecule has 2 aromatic rings. The summed E-state index contributed by atoms with van der Waals surface area (Å²) in [6.07, 6.45) is 1.63. The zero-order chi connectivity index (χ0) is 22.9. The van der Waals surface area contributed by atoms with Gasteiger partial charge in [0.05, 0.1) is 13.1 Å². The summed E-state index contributed by atoms with van der Waals surface area (Å²) in [5, 5.41) is 24.7. The number of fused-ring (bicyclic) bond motifs is 2. The summed E-state index contributed by atoms with van der Waals surface area (Å²) in [6, 6.07) is 17.2. The maximum absolute atomic E-state index is 13.0. The molecule has 0 N–H and O–H groups in total. The molecular formula is C23H21N3O6. The molecule has 4 rings (SSSR count). The summed E-state index contributed by atoms with van der Waals surface area (Å²) < 4.78 is 0. The molecule has 2 aliphatic rings. The predicted octanol–water partition coefficient (Wildman–Crippen LogP) is 2.56. The van der Waals surface area contributed by atoms with Crippen LogP contribution in [0, 0.1) is 26.1 Å². The summed E-state index contributed by atoms with van der Waals surface area (Å²) in [5.41, 5.74) is -3.10. The van der Waals surface area contributed by atoms with Gasteiger partial charge < -0.3 is 0 Å². The molecule has 164 valence electrons. The van der Waals surface area contributed by atoms with Crippen molar-refractivity contribution in [3.63, 3.8) is 0 Å². The van der Waals surface area contributed by atoms with E-state index in [0.717, 1.165) is 17.7 Å². The van der Waals surface area contributed by atoms with Crippen molar-refractivity contribution in [3.8, 4) is 0 Å². The average Bonchev–Trinajstić information content (AvgIpc) is 2.78. The van der Waals surface area contributed by atoms with Gasteiger partial charge in [0.15, 0.2) is 5.78 Å². The van der Waals surface area contributed by atoms with Crippen molar-refractivity contribution < 1.29 is 19.4 Å². The van der Waals surface area contributed by atoms with Crippen LogP contribution in [0.2, 0.25) is 0 Å². The van der Waals surface area contributed by atoms with E-state index in [9.17, 15) is 29.8 Å². The van der Waals surface area contributed by atoms with Gasteiger partial charge >= 0.3 is 5.54 Å². The Bertz CT molecular complexity index is 1100. The number of Topliss-reactive ketones (excluding diaryl/α,β-unsaturated/α-hetero) is 1. The van der Waals surface area contributed by atoms with Gasteiger partial charge in [0.25, 0.3) is 5.54 Å². The molecule has 1 saturated heterocycles. The molecule has 0 amide bonds. The third-order valence-electron chi connectivity index (χ3n) is 6.47. The maximum Gasteiger partial charge on any atom is 0.305 e. The fraction of sp³-hybridized carbons (Fsp3) is 0.304. The van der Waals surface area contributed by atoms with Crippen LogP contribution in [0.15, 0.2) is 72.8 Å². The van der Waals surface area contributed by atoms with Crippen molar-refractivity contribution in [2.75, 3.05) is 13.1 Å². The second kappa shape index (κ2) is 8.08. The first-order valence-electron chi connectivity index (χ1n) is 10.2. The number of nitro groups is 2. The largest absolute Gasteiger partial charge is 0.305 e. The van der Waals surface area contributed by atoms with E-state index in [1.54, 1.807) is 47.4 Å². The van der Waals surface area contributed by atoms with Gasteiger partial charge in [-0.1, -0.05) is 60.7 Å². The minimum atomic E-state index is -2.28. The number of carbonyl (C=O) groups excluding carboxylic acids is 2. The first kappa shape index (κ1) is 21.5. The lowest BCUT2D eigenvalue weighted by atomic mass is 9.60. The van der Waals surface area contributed by atoms with Crippen LogP contribution in [0.4, 0.5) is 0 Å². The van der Waals surface area contributed by atoms with E-state index in [-0.39, 0.29) is 19.6 Å². The number of ketones is 2. The molecule has 0 saturated carbocycles. The van der Waals surface area contributed by atoms with E-state index in [1.165, 1.54) is 0 Å². The van der Waals surface area contributed by atoms with Crippen molar-refractivity contribution in [2.24, 2.45) is 5.92 Å². The van der Waals surface area contributed by atoms with Crippen molar-refractivity contribution >= 4 is 11.6 Å². The number of likely N-dealkylation sites (tertiary alicyclic amines) is 1. The second-order valence-electron chi connectivity index (χ2n) is 8.30. The first-order valence-corrected chi connectivity index (χ1v) is 10.2. The fourth-order valence-electron chi connectivity index (χ4n) is 4.92. The minimum absolute atomic E-state index is 0.138. The van der Waals surface area contributed by atoms with E-state index in [2.05, 4.69) is 0 Å². The van der Waals surface area contributed by atoms with Crippen LogP contribution in [0.1, 0.15) is 22.3 Å². The molecule has 0 aromatic heterocycles. The quantitative estimate of drug-likeness (QED) is 0.372. The number of nitrogens with zero attached hydrogens (tertiary/aromatic N) is 3. The van der Waals surface area contributed by atoms with Crippen molar-refractivity contribution in [2.45, 2.75) is 24.0 Å². The molecule has 9 nitrogen and oxygen atoms in total. The Morgan fingerprint density at radius 2 is 1.59 bits per heavy atom. The van der Waals surface area contributed by atoms with Crippen LogP contribution in [0.5, 0.6) is 0 Å². The lowest BCUT2D eigenvalue weighted by Gasteiger charge is -2.48. The van der Waals surface area contributed by atoms with Crippen LogP contribution in [-0.2, 0) is 11.3 Å². The van der Waals surface area contributed by atoms with Gasteiger partial charge in [-0.3, -0.25) is 34.7 Å². The molecule has 2 bridgehead atoms. The van der Waals surface area contributed by atoms with E-state index >= 15 is 0 Å². The highest BCUT2D eigenvalue weighted by atomic mass is 16.6. The normalized spacial score (nSPS) is 27.1. The van der Waals surface area contributed by atoms with Crippen LogP contribution >= 0.6 is 0 Å². The third-order valence-corrected chi connectivity index (χ3v) is 6.47. The summed E-state index contributed by atoms with van der Waals surface area (Å²) in [5.74, 6) is -2.69. The standard InChI is InChI=1S/C23H21N3O6/c27-19(18-9-5-2-6-10-18)13-20-22(25(29)30)12-11-21(28)23(20,26(31)32)16-24(15-22)14-17-7-3-1-4-8-17/h1-12,20H,13-16H2. The zero-order valence-corrected chi connectivity index (χ0v) is 17.1. The molecule has 2 aromatic carbocycles. The number of benzene rings is 2. The van der Waals surface area contributed by atoms with E-state index in [4.69, 9.17) is 0 Å². The first-order chi connectivity index (χ1) is 15.3. The Hall–Kier alpha value is -3.72. The smallest absolute Gasteiger partial charge is 0.294 e. The maximum atomic E-state index is 13.0. The van der Waals surface area contributed by atoms with E-state index in [1.807, 2.05) is 18.2 Å². The summed E-state index contributed by atoms with van der Waals surface area (Å²) in [6.45, 7) is -0.228. The number of hydrogen-bond donors (Lipinski definition) is 0. The molecular weight excluding hydrogens is 414 g/mol. The average molecular weight is 435 g/mol. The number of carbonyl (C=O) groups is 2. The van der Waals surface area contributed by atoms with Crippen molar-refractivity contribution in [1.82, 2.24) is 4.90 Å². The van der Waals surface area contributed by atoms with E-state index < -0.39 is 44.8 Å². The molecule has 9 heteroatoms. The Morgan fingerprint density at radius 3 is 2.19 bits per heavy atom. The number of piperidine rings is 1. The van der Waals surface area contributed by atoms with Gasteiger partial charge in [-0.05, 0) is 17.7 Å². The third kappa shape index (κ3) is 3.40. The molecule has 1 aliphatic carbocycles. The number of rotatable bonds is 7. The van der Waals surface area contributed by atoms with Crippen LogP contribution in [0.25, 0.3) is 0 Å². The highest BCUT2D eigenvalue weighted by Crippen LogP contribution is 2.46. The second-order valence-corrected chi connectivity index (χ2v) is 8.30. The van der Waals surface area contributed by atoms with Crippen molar-refractivity contribution in [1.29, 1.82) is 0 Å². The molecule has 0 radical (unpaired) electrons. The molecule has 1 fully saturated rings. The topological polar surface area (TPSA) is 124 Å². The van der Waals surface area contributed by atoms with E-state index in [0.29, 0.717) is 5.56 Å². The molecule has 32 heavy (non-hydrogen) atoms. The predicted molar refractivity (Wildman–Crippen MR) is 114 cm³/mol. The van der Waals surface area contributed by atoms with Crippen molar-refractivity contribution in [3.05, 3.63) is 104 Å². The summed E-state index contributed by atoms with van der Waals surface area (Å²) in [7, 11) is 0. The molecule has 1 aliphatic heterocycles. The van der Waals surface area contributed by atoms with Gasteiger partial charge in [-0.25, -0.2) is 0 Å². The van der Waals surface area contributed by atoms with Gasteiger partial charge in [-0.2, -0.15) is 0 Å². The SMILES string of the molecule is O=C(CC1C2([N+](=O)[O-])C=CC(=O)C1([N+](=O)[O-])CN(Cc1ccccc1)C2)c1ccccc1. The van der Waals surface area contributed by atoms with Crippen LogP contribution < -0.4 is 0 Å². The molecule has 3 atom stereocenters. The van der Waals surface area contributed by atoms with Gasteiger partial charge in [-0.15, -0.1) is 0 Å². The minimum Gasteiger partial charge on any atom is -0.294 e. The fourth-order valence-corrected chi connectivity index (χ4v) is 4.92. The van der Waals surface area contributed by atoms with Crippen LogP contribution in [-0.4, -0.2) is 50.5 Å². The van der Waals surface area contributed by atoms with Gasteiger partial charge in [0, 0.05) is 28.4 Å². The van der Waals surface area contributed by atoms with Gasteiger partial charge in [0.1, 0.15) is 5.92 Å². The Labute approximate surface area is 183 Å². The zero-order valence-electron chi connectivity index (χ0n) is 17.1. The number of hydrogen-bond acceptors (Lipinski definition) is 7. The summed E-state index contributed by atoms with van der Waals surface area (Å²) >= 11 is 0. The van der Waals surface area contributed by atoms with Crippen LogP contribution in [0.3, 0.4) is 0 Å². The summed E-state index contributed by atoms with van der Waals surface area (Å²) in [4.78, 5) is 51.0.